The summed E-state index contributed by atoms with van der Waals surface area (Å²) in [6.45, 7) is 18.7. The Labute approximate surface area is 143 Å². The van der Waals surface area contributed by atoms with Crippen LogP contribution >= 0.6 is 0 Å². The summed E-state index contributed by atoms with van der Waals surface area (Å²) in [7, 11) is -1.82. The van der Waals surface area contributed by atoms with Crippen molar-refractivity contribution in [1.29, 1.82) is 0 Å². The predicted molar refractivity (Wildman–Crippen MR) is 103 cm³/mol. The quantitative estimate of drug-likeness (QED) is 0.584. The molecule has 0 saturated heterocycles. The lowest BCUT2D eigenvalue weighted by atomic mass is 9.98. The van der Waals surface area contributed by atoms with Gasteiger partial charge in [0.1, 0.15) is 5.78 Å². The Balaban J connectivity index is 2.67. The van der Waals surface area contributed by atoms with Crippen LogP contribution in [-0.4, -0.2) is 13.9 Å². The van der Waals surface area contributed by atoms with E-state index in [2.05, 4.69) is 73.6 Å². The van der Waals surface area contributed by atoms with Gasteiger partial charge in [-0.25, -0.2) is 0 Å². The average Bonchev–Trinajstić information content (AvgIpc) is 2.74. The van der Waals surface area contributed by atoms with Crippen LogP contribution in [0.25, 0.3) is 0 Å². The van der Waals surface area contributed by atoms with E-state index in [0.717, 1.165) is 0 Å². The van der Waals surface area contributed by atoms with Crippen molar-refractivity contribution in [2.24, 2.45) is 0 Å². The molecular weight excluding hydrogens is 296 g/mol. The van der Waals surface area contributed by atoms with Gasteiger partial charge >= 0.3 is 0 Å². The van der Waals surface area contributed by atoms with E-state index in [-0.39, 0.29) is 5.54 Å². The first-order valence-electron chi connectivity index (χ1n) is 9.29. The molecule has 0 aromatic heterocycles. The number of Topliss-reactive ketones (excluding diaryl/α,β-unsaturated/α-hetero) is 1. The summed E-state index contributed by atoms with van der Waals surface area (Å²) in [4.78, 5) is 13.1. The number of fused-ring (bicyclic) bond motifs is 1. The molecule has 0 radical (unpaired) electrons. The number of ketones is 1. The molecule has 0 fully saturated rings. The number of carbonyl (C=O) groups is 1. The number of benzene rings is 1. The number of carbonyl (C=O) groups excluding carboxylic acids is 1. The van der Waals surface area contributed by atoms with Crippen LogP contribution in [0.1, 0.15) is 83.5 Å². The van der Waals surface area contributed by atoms with Crippen molar-refractivity contribution in [2.75, 3.05) is 0 Å². The maximum atomic E-state index is 13.1. The van der Waals surface area contributed by atoms with Crippen molar-refractivity contribution in [3.63, 3.8) is 0 Å². The van der Waals surface area contributed by atoms with E-state index in [1.54, 1.807) is 0 Å². The normalized spacial score (nSPS) is 18.6. The molecule has 0 amide bonds. The Kier molecular flexibility index (Phi) is 5.25. The van der Waals surface area contributed by atoms with Crippen LogP contribution in [0, 0.1) is 0 Å². The van der Waals surface area contributed by atoms with E-state index < -0.39 is 8.07 Å². The highest BCUT2D eigenvalue weighted by Crippen LogP contribution is 2.53. The van der Waals surface area contributed by atoms with E-state index in [4.69, 9.17) is 0 Å². The first kappa shape index (κ1) is 18.4. The molecule has 1 nitrogen and oxygen atoms in total. The highest BCUT2D eigenvalue weighted by molar-refractivity contribution is 6.87. The van der Waals surface area contributed by atoms with Crippen molar-refractivity contribution in [1.82, 2.24) is 0 Å². The van der Waals surface area contributed by atoms with E-state index >= 15 is 0 Å². The molecule has 0 saturated carbocycles. The first-order chi connectivity index (χ1) is 10.6. The summed E-state index contributed by atoms with van der Waals surface area (Å²) in [5.74, 6) is 1.01. The lowest BCUT2D eigenvalue weighted by Crippen LogP contribution is -2.52. The van der Waals surface area contributed by atoms with Crippen LogP contribution in [0.15, 0.2) is 18.2 Å². The van der Waals surface area contributed by atoms with Gasteiger partial charge in [-0.15, -0.1) is 0 Å². The van der Waals surface area contributed by atoms with Gasteiger partial charge in [0.25, 0.3) is 0 Å². The Morgan fingerprint density at radius 3 is 1.87 bits per heavy atom. The molecule has 1 aromatic rings. The molecule has 1 atom stereocenters. The first-order valence-corrected chi connectivity index (χ1v) is 11.6. The van der Waals surface area contributed by atoms with Gasteiger partial charge in [0.15, 0.2) is 0 Å². The smallest absolute Gasteiger partial charge is 0.142 e. The summed E-state index contributed by atoms with van der Waals surface area (Å²) in [6.07, 6.45) is 0.652. The van der Waals surface area contributed by atoms with Gasteiger partial charge < -0.3 is 0 Å². The zero-order valence-corrected chi connectivity index (χ0v) is 17.2. The highest BCUT2D eigenvalue weighted by atomic mass is 28.3. The summed E-state index contributed by atoms with van der Waals surface area (Å²) in [6, 6.07) is 6.82. The predicted octanol–water partition coefficient (Wildman–Crippen LogP) is 6.24. The maximum absolute atomic E-state index is 13.1. The Morgan fingerprint density at radius 2 is 1.43 bits per heavy atom. The van der Waals surface area contributed by atoms with Crippen LogP contribution in [0.3, 0.4) is 0 Å². The number of hydrogen-bond donors (Lipinski definition) is 0. The Hall–Kier alpha value is -0.893. The Bertz CT molecular complexity index is 562. The standard InChI is InChI=1S/C21H34OSi/c1-13(2)17-9-10-18-12-20(22)21(19(18)11-17)23(14(3)4,15(5)6)16(7)8/h9-11,13-16,21H,12H2,1-8H3. The van der Waals surface area contributed by atoms with E-state index in [9.17, 15) is 4.79 Å². The SMILES string of the molecule is CC(C)c1ccc2c(c1)C([Si](C(C)C)(C(C)C)C(C)C)C(=O)C2. The molecule has 1 aromatic carbocycles. The van der Waals surface area contributed by atoms with Gasteiger partial charge in [-0.2, -0.15) is 0 Å². The van der Waals surface area contributed by atoms with Crippen LogP contribution in [-0.2, 0) is 11.2 Å². The van der Waals surface area contributed by atoms with Crippen LogP contribution in [0.5, 0.6) is 0 Å². The molecule has 2 rings (SSSR count). The molecule has 0 N–H and O–H groups in total. The average molecular weight is 331 g/mol. The largest absolute Gasteiger partial charge is 0.299 e. The van der Waals surface area contributed by atoms with Crippen LogP contribution in [0.2, 0.25) is 16.6 Å². The molecule has 0 bridgehead atoms. The molecule has 2 heteroatoms. The fraction of sp³-hybridized carbons (Fsp3) is 0.667. The van der Waals surface area contributed by atoms with Crippen molar-refractivity contribution in [3.8, 4) is 0 Å². The molecule has 0 heterocycles. The van der Waals surface area contributed by atoms with E-state index in [1.807, 2.05) is 0 Å². The third-order valence-electron chi connectivity index (χ3n) is 6.33. The monoisotopic (exact) mass is 330 g/mol. The maximum Gasteiger partial charge on any atom is 0.142 e. The highest BCUT2D eigenvalue weighted by Gasteiger charge is 2.54. The Morgan fingerprint density at radius 1 is 0.913 bits per heavy atom. The second-order valence-corrected chi connectivity index (χ2v) is 14.7. The molecule has 1 aliphatic rings. The van der Waals surface area contributed by atoms with Gasteiger partial charge in [-0.1, -0.05) is 73.6 Å². The van der Waals surface area contributed by atoms with Crippen molar-refractivity contribution in [2.45, 2.75) is 89.9 Å². The summed E-state index contributed by atoms with van der Waals surface area (Å²) >= 11 is 0. The van der Waals surface area contributed by atoms with Crippen molar-refractivity contribution < 1.29 is 4.79 Å². The summed E-state index contributed by atoms with van der Waals surface area (Å²) < 4.78 is 0. The minimum absolute atomic E-state index is 0.191. The minimum atomic E-state index is -1.82. The fourth-order valence-electron chi connectivity index (χ4n) is 5.41. The van der Waals surface area contributed by atoms with E-state index in [0.29, 0.717) is 34.7 Å². The fourth-order valence-corrected chi connectivity index (χ4v) is 12.9. The number of hydrogen-bond acceptors (Lipinski definition) is 1. The van der Waals surface area contributed by atoms with Gasteiger partial charge in [-0.3, -0.25) is 4.79 Å². The molecule has 23 heavy (non-hydrogen) atoms. The molecule has 1 aliphatic carbocycles. The van der Waals surface area contributed by atoms with Crippen LogP contribution in [0.4, 0.5) is 0 Å². The van der Waals surface area contributed by atoms with Crippen molar-refractivity contribution in [3.05, 3.63) is 34.9 Å². The zero-order chi connectivity index (χ0) is 17.5. The molecule has 128 valence electrons. The second kappa shape index (κ2) is 6.55. The van der Waals surface area contributed by atoms with Gasteiger partial charge in [-0.05, 0) is 39.2 Å². The zero-order valence-electron chi connectivity index (χ0n) is 16.2. The molecule has 0 aliphatic heterocycles. The lowest BCUT2D eigenvalue weighted by molar-refractivity contribution is -0.117. The second-order valence-electron chi connectivity index (χ2n) is 8.65. The van der Waals surface area contributed by atoms with Gasteiger partial charge in [0, 0.05) is 12.0 Å². The minimum Gasteiger partial charge on any atom is -0.299 e. The van der Waals surface area contributed by atoms with E-state index in [1.165, 1.54) is 16.7 Å². The lowest BCUT2D eigenvalue weighted by Gasteiger charge is -2.47. The summed E-state index contributed by atoms with van der Waals surface area (Å²) in [5.41, 5.74) is 6.09. The number of rotatable bonds is 5. The molecule has 1 unspecified atom stereocenters. The van der Waals surface area contributed by atoms with Crippen molar-refractivity contribution >= 4 is 13.9 Å². The summed E-state index contributed by atoms with van der Waals surface area (Å²) in [5, 5.41) is 0. The molecule has 0 spiro atoms. The third kappa shape index (κ3) is 2.84. The molecular formula is C21H34OSi. The third-order valence-corrected chi connectivity index (χ3v) is 14.0. The van der Waals surface area contributed by atoms with Gasteiger partial charge in [0.2, 0.25) is 0 Å². The van der Waals surface area contributed by atoms with Gasteiger partial charge in [0.05, 0.1) is 8.07 Å². The van der Waals surface area contributed by atoms with Crippen LogP contribution < -0.4 is 0 Å². The topological polar surface area (TPSA) is 17.1 Å².